The van der Waals surface area contributed by atoms with Crippen molar-refractivity contribution in [3.05, 3.63) is 0 Å². The van der Waals surface area contributed by atoms with Gasteiger partial charge in [0.05, 0.1) is 5.92 Å². The molecule has 0 saturated carbocycles. The number of hydrogen-bond donors (Lipinski definition) is 3. The minimum atomic E-state index is -0.951. The second-order valence-corrected chi connectivity index (χ2v) is 3.54. The fourth-order valence-corrected chi connectivity index (χ4v) is 1.31. The van der Waals surface area contributed by atoms with Gasteiger partial charge in [0.25, 0.3) is 0 Å². The van der Waals surface area contributed by atoms with Gasteiger partial charge in [-0.3, -0.25) is 4.79 Å². The Labute approximate surface area is 82.9 Å². The first-order chi connectivity index (χ1) is 6.65. The van der Waals surface area contributed by atoms with Gasteiger partial charge in [-0.15, -0.1) is 0 Å². The van der Waals surface area contributed by atoms with Gasteiger partial charge in [-0.1, -0.05) is 13.3 Å². The lowest BCUT2D eigenvalue weighted by atomic mass is 10.0. The largest absolute Gasteiger partial charge is 0.480 e. The highest BCUT2D eigenvalue weighted by Crippen LogP contribution is 2.04. The summed E-state index contributed by atoms with van der Waals surface area (Å²) in [4.78, 5) is 22.1. The first-order valence-electron chi connectivity index (χ1n) is 4.89. The maximum atomic E-state index is 11.4. The molecule has 3 N–H and O–H groups in total. The molecule has 0 bridgehead atoms. The molecule has 14 heavy (non-hydrogen) atoms. The Hall–Kier alpha value is -1.10. The number of amides is 1. The summed E-state index contributed by atoms with van der Waals surface area (Å²) in [5, 5.41) is 14.3. The Morgan fingerprint density at radius 1 is 1.57 bits per heavy atom. The summed E-state index contributed by atoms with van der Waals surface area (Å²) in [6.45, 7) is 3.21. The molecule has 0 aromatic rings. The summed E-state index contributed by atoms with van der Waals surface area (Å²) in [6.07, 6.45) is 1.24. The zero-order valence-electron chi connectivity index (χ0n) is 8.25. The molecule has 1 atom stereocenters. The monoisotopic (exact) mass is 200 g/mol. The molecule has 0 radical (unpaired) electrons. The average Bonchev–Trinajstić information content (AvgIpc) is 1.99. The highest BCUT2D eigenvalue weighted by Gasteiger charge is 2.28. The molecule has 0 spiro atoms. The van der Waals surface area contributed by atoms with E-state index in [4.69, 9.17) is 5.11 Å². The summed E-state index contributed by atoms with van der Waals surface area (Å²) >= 11 is 0. The van der Waals surface area contributed by atoms with Crippen LogP contribution in [-0.2, 0) is 9.59 Å². The first kappa shape index (κ1) is 11.0. The fraction of sp³-hybridized carbons (Fsp3) is 0.778. The highest BCUT2D eigenvalue weighted by molar-refractivity contribution is 5.85. The molecule has 0 aromatic heterocycles. The van der Waals surface area contributed by atoms with E-state index in [9.17, 15) is 9.59 Å². The molecule has 1 fully saturated rings. The van der Waals surface area contributed by atoms with Crippen LogP contribution >= 0.6 is 0 Å². The summed E-state index contributed by atoms with van der Waals surface area (Å²) in [5.74, 6) is -1.15. The summed E-state index contributed by atoms with van der Waals surface area (Å²) in [5.41, 5.74) is 0. The molecular formula is C9H16N2O3. The van der Waals surface area contributed by atoms with Gasteiger partial charge in [-0.05, 0) is 6.42 Å². The van der Waals surface area contributed by atoms with E-state index in [1.54, 1.807) is 0 Å². The van der Waals surface area contributed by atoms with Gasteiger partial charge >= 0.3 is 5.97 Å². The number of carboxylic acid groups (broad SMARTS) is 1. The van der Waals surface area contributed by atoms with E-state index in [1.165, 1.54) is 0 Å². The topological polar surface area (TPSA) is 78.4 Å². The Morgan fingerprint density at radius 2 is 2.21 bits per heavy atom. The van der Waals surface area contributed by atoms with Crippen LogP contribution in [0.5, 0.6) is 0 Å². The van der Waals surface area contributed by atoms with Crippen LogP contribution in [0.15, 0.2) is 0 Å². The van der Waals surface area contributed by atoms with Crippen LogP contribution < -0.4 is 10.6 Å². The van der Waals surface area contributed by atoms with E-state index < -0.39 is 12.0 Å². The van der Waals surface area contributed by atoms with Gasteiger partial charge in [0.1, 0.15) is 6.04 Å². The van der Waals surface area contributed by atoms with Gasteiger partial charge < -0.3 is 15.7 Å². The third-order valence-electron chi connectivity index (χ3n) is 2.34. The maximum Gasteiger partial charge on any atom is 0.326 e. The fourth-order valence-electron chi connectivity index (χ4n) is 1.31. The van der Waals surface area contributed by atoms with Crippen molar-refractivity contribution >= 4 is 11.9 Å². The van der Waals surface area contributed by atoms with E-state index >= 15 is 0 Å². The molecule has 5 nitrogen and oxygen atoms in total. The van der Waals surface area contributed by atoms with Crippen molar-refractivity contribution in [1.29, 1.82) is 0 Å². The highest BCUT2D eigenvalue weighted by atomic mass is 16.4. The Bertz CT molecular complexity index is 226. The van der Waals surface area contributed by atoms with Crippen molar-refractivity contribution in [2.45, 2.75) is 25.8 Å². The van der Waals surface area contributed by atoms with Crippen LogP contribution in [0.25, 0.3) is 0 Å². The number of carbonyl (C=O) groups excluding carboxylic acids is 1. The molecule has 0 aromatic carbocycles. The SMILES string of the molecule is CCCC(NC(=O)C1CNC1)C(=O)O. The Kier molecular flexibility index (Phi) is 3.88. The van der Waals surface area contributed by atoms with E-state index in [0.29, 0.717) is 19.5 Å². The van der Waals surface area contributed by atoms with Gasteiger partial charge in [-0.2, -0.15) is 0 Å². The molecule has 5 heteroatoms. The molecule has 1 amide bonds. The second kappa shape index (κ2) is 4.95. The minimum absolute atomic E-state index is 0.0475. The quantitative estimate of drug-likeness (QED) is 0.563. The van der Waals surface area contributed by atoms with Crippen molar-refractivity contribution in [2.75, 3.05) is 13.1 Å². The van der Waals surface area contributed by atoms with Crippen LogP contribution in [0.4, 0.5) is 0 Å². The molecule has 1 aliphatic rings. The molecular weight excluding hydrogens is 184 g/mol. The second-order valence-electron chi connectivity index (χ2n) is 3.54. The van der Waals surface area contributed by atoms with Crippen molar-refractivity contribution in [2.24, 2.45) is 5.92 Å². The molecule has 1 aliphatic heterocycles. The Morgan fingerprint density at radius 3 is 2.57 bits per heavy atom. The summed E-state index contributed by atoms with van der Waals surface area (Å²) in [6, 6.07) is -0.729. The molecule has 80 valence electrons. The molecule has 1 unspecified atom stereocenters. The number of carbonyl (C=O) groups is 2. The minimum Gasteiger partial charge on any atom is -0.480 e. The predicted molar refractivity (Wildman–Crippen MR) is 50.8 cm³/mol. The third kappa shape index (κ3) is 2.70. The zero-order valence-corrected chi connectivity index (χ0v) is 8.25. The summed E-state index contributed by atoms with van der Waals surface area (Å²) in [7, 11) is 0. The van der Waals surface area contributed by atoms with Crippen LogP contribution in [-0.4, -0.2) is 36.1 Å². The van der Waals surface area contributed by atoms with Crippen molar-refractivity contribution < 1.29 is 14.7 Å². The standard InChI is InChI=1S/C9H16N2O3/c1-2-3-7(9(13)14)11-8(12)6-4-10-5-6/h6-7,10H,2-5H2,1H3,(H,11,12)(H,13,14). The van der Waals surface area contributed by atoms with Crippen LogP contribution in [0.1, 0.15) is 19.8 Å². The van der Waals surface area contributed by atoms with Crippen molar-refractivity contribution in [3.63, 3.8) is 0 Å². The van der Waals surface area contributed by atoms with Gasteiger partial charge in [0.2, 0.25) is 5.91 Å². The maximum absolute atomic E-state index is 11.4. The lowest BCUT2D eigenvalue weighted by Gasteiger charge is -2.27. The van der Waals surface area contributed by atoms with Gasteiger partial charge in [0, 0.05) is 13.1 Å². The smallest absolute Gasteiger partial charge is 0.326 e. The van der Waals surface area contributed by atoms with E-state index in [2.05, 4.69) is 10.6 Å². The first-order valence-corrected chi connectivity index (χ1v) is 4.89. The number of nitrogens with one attached hydrogen (secondary N) is 2. The molecule has 1 saturated heterocycles. The number of aliphatic carboxylic acids is 1. The van der Waals surface area contributed by atoms with Crippen LogP contribution in [0.3, 0.4) is 0 Å². The van der Waals surface area contributed by atoms with E-state index in [-0.39, 0.29) is 11.8 Å². The van der Waals surface area contributed by atoms with E-state index in [0.717, 1.165) is 6.42 Å². The lowest BCUT2D eigenvalue weighted by Crippen LogP contribution is -2.54. The normalized spacial score (nSPS) is 18.4. The number of hydrogen-bond acceptors (Lipinski definition) is 3. The number of carboxylic acids is 1. The zero-order chi connectivity index (χ0) is 10.6. The van der Waals surface area contributed by atoms with Gasteiger partial charge in [0.15, 0.2) is 0 Å². The Balaban J connectivity index is 2.37. The molecule has 1 heterocycles. The number of rotatable bonds is 5. The molecule has 0 aliphatic carbocycles. The van der Waals surface area contributed by atoms with Crippen molar-refractivity contribution in [1.82, 2.24) is 10.6 Å². The van der Waals surface area contributed by atoms with Crippen molar-refractivity contribution in [3.8, 4) is 0 Å². The van der Waals surface area contributed by atoms with Crippen LogP contribution in [0, 0.1) is 5.92 Å². The van der Waals surface area contributed by atoms with Gasteiger partial charge in [-0.25, -0.2) is 4.79 Å². The third-order valence-corrected chi connectivity index (χ3v) is 2.34. The van der Waals surface area contributed by atoms with Crippen LogP contribution in [0.2, 0.25) is 0 Å². The molecule has 1 rings (SSSR count). The predicted octanol–water partition coefficient (Wildman–Crippen LogP) is -0.425. The van der Waals surface area contributed by atoms with E-state index in [1.807, 2.05) is 6.92 Å². The summed E-state index contributed by atoms with van der Waals surface area (Å²) < 4.78 is 0. The average molecular weight is 200 g/mol. The lowest BCUT2D eigenvalue weighted by molar-refractivity contribution is -0.143.